The van der Waals surface area contributed by atoms with Gasteiger partial charge in [0.1, 0.15) is 11.4 Å². The number of ether oxygens (including phenoxy) is 1. The Labute approximate surface area is 189 Å². The van der Waals surface area contributed by atoms with Gasteiger partial charge in [-0.2, -0.15) is 0 Å². The normalized spacial score (nSPS) is 22.4. The van der Waals surface area contributed by atoms with E-state index in [1.165, 1.54) is 5.56 Å². The summed E-state index contributed by atoms with van der Waals surface area (Å²) in [5, 5.41) is 0.630. The molecular formula is C25H30ClN3O2. The number of rotatable bonds is 3. The van der Waals surface area contributed by atoms with E-state index in [4.69, 9.17) is 27.1 Å². The lowest BCUT2D eigenvalue weighted by atomic mass is 9.80. The number of fused-ring (bicyclic) bond motifs is 3. The van der Waals surface area contributed by atoms with Gasteiger partial charge in [-0.15, -0.1) is 0 Å². The van der Waals surface area contributed by atoms with Crippen LogP contribution in [0.5, 0.6) is 0 Å². The molecule has 2 aromatic rings. The second-order valence-corrected chi connectivity index (χ2v) is 10.1. The van der Waals surface area contributed by atoms with E-state index in [-0.39, 0.29) is 0 Å². The van der Waals surface area contributed by atoms with Gasteiger partial charge in [-0.05, 0) is 80.8 Å². The van der Waals surface area contributed by atoms with Crippen LogP contribution in [0.1, 0.15) is 57.6 Å². The smallest absolute Gasteiger partial charge is 0.415 e. The van der Waals surface area contributed by atoms with E-state index in [0.29, 0.717) is 35.2 Å². The van der Waals surface area contributed by atoms with Crippen LogP contribution >= 0.6 is 11.6 Å². The van der Waals surface area contributed by atoms with E-state index in [9.17, 15) is 4.79 Å². The van der Waals surface area contributed by atoms with Crippen molar-refractivity contribution in [3.63, 3.8) is 0 Å². The third-order valence-electron chi connectivity index (χ3n) is 6.14. The number of carbonyl (C=O) groups is 1. The molecule has 1 heterocycles. The van der Waals surface area contributed by atoms with Gasteiger partial charge in [-0.1, -0.05) is 36.7 Å². The second kappa shape index (κ2) is 8.19. The van der Waals surface area contributed by atoms with Crippen LogP contribution in [-0.2, 0) is 11.3 Å². The number of aliphatic imine (C=N–C) groups is 1. The minimum Gasteiger partial charge on any atom is -0.443 e. The minimum absolute atomic E-state index is 0.321. The minimum atomic E-state index is -0.604. The van der Waals surface area contributed by atoms with E-state index in [1.54, 1.807) is 4.90 Å². The van der Waals surface area contributed by atoms with Gasteiger partial charge >= 0.3 is 6.09 Å². The third kappa shape index (κ3) is 4.57. The second-order valence-electron chi connectivity index (χ2n) is 9.66. The molecule has 2 aromatic carbocycles. The van der Waals surface area contributed by atoms with Crippen LogP contribution in [0.4, 0.5) is 16.2 Å². The standard InChI is InChI=1S/C25H30ClN3O2/c1-15-8-10-20-22(15)19-11-9-18(13-21(19)28-23(20)27)29(24(30)31-25(2,3)4)14-16-6-5-7-17(26)12-16/h5-7,9,11-13,15,20,22H,8,10,14H2,1-4H3,(H2,27,28). The average molecular weight is 440 g/mol. The summed E-state index contributed by atoms with van der Waals surface area (Å²) in [4.78, 5) is 19.5. The number of hydrogen-bond acceptors (Lipinski definition) is 4. The molecule has 4 rings (SSSR count). The lowest BCUT2D eigenvalue weighted by Gasteiger charge is -2.31. The predicted molar refractivity (Wildman–Crippen MR) is 126 cm³/mol. The fraction of sp³-hybridized carbons (Fsp3) is 0.440. The van der Waals surface area contributed by atoms with E-state index >= 15 is 0 Å². The van der Waals surface area contributed by atoms with Crippen molar-refractivity contribution in [2.45, 2.75) is 58.6 Å². The zero-order chi connectivity index (χ0) is 22.3. The molecule has 2 N–H and O–H groups in total. The molecule has 0 spiro atoms. The molecule has 1 saturated carbocycles. The summed E-state index contributed by atoms with van der Waals surface area (Å²) in [5.74, 6) is 1.99. The number of carbonyl (C=O) groups excluding carboxylic acids is 1. The first-order valence-electron chi connectivity index (χ1n) is 10.9. The summed E-state index contributed by atoms with van der Waals surface area (Å²) in [5.41, 5.74) is 9.46. The number of anilines is 1. The summed E-state index contributed by atoms with van der Waals surface area (Å²) in [7, 11) is 0. The summed E-state index contributed by atoms with van der Waals surface area (Å²) in [6.07, 6.45) is 1.83. The molecular weight excluding hydrogens is 410 g/mol. The number of halogens is 1. The van der Waals surface area contributed by atoms with Crippen molar-refractivity contribution in [3.05, 3.63) is 58.6 Å². The van der Waals surface area contributed by atoms with Gasteiger partial charge in [0.15, 0.2) is 0 Å². The van der Waals surface area contributed by atoms with E-state index in [1.807, 2.05) is 57.2 Å². The van der Waals surface area contributed by atoms with Crippen LogP contribution in [0.3, 0.4) is 0 Å². The molecule has 164 valence electrons. The quantitative estimate of drug-likeness (QED) is 0.600. The molecule has 0 aromatic heterocycles. The maximum atomic E-state index is 13.1. The number of amidine groups is 1. The molecule has 5 nitrogen and oxygen atoms in total. The van der Waals surface area contributed by atoms with Gasteiger partial charge in [0.05, 0.1) is 12.2 Å². The Balaban J connectivity index is 1.72. The average Bonchev–Trinajstić information content (AvgIpc) is 3.07. The molecule has 1 fully saturated rings. The number of benzene rings is 2. The zero-order valence-electron chi connectivity index (χ0n) is 18.6. The van der Waals surface area contributed by atoms with Crippen LogP contribution in [-0.4, -0.2) is 17.5 Å². The van der Waals surface area contributed by atoms with E-state index in [2.05, 4.69) is 13.0 Å². The Kier molecular flexibility index (Phi) is 5.73. The van der Waals surface area contributed by atoms with Crippen molar-refractivity contribution in [2.24, 2.45) is 22.6 Å². The number of amides is 1. The first-order valence-corrected chi connectivity index (χ1v) is 11.2. The summed E-state index contributed by atoms with van der Waals surface area (Å²) < 4.78 is 5.70. The number of nitrogens with two attached hydrogens (primary N) is 1. The maximum absolute atomic E-state index is 13.1. The Bertz CT molecular complexity index is 1030. The fourth-order valence-corrected chi connectivity index (χ4v) is 4.96. The van der Waals surface area contributed by atoms with Crippen LogP contribution in [0.2, 0.25) is 5.02 Å². The van der Waals surface area contributed by atoms with E-state index < -0.39 is 11.7 Å². The van der Waals surface area contributed by atoms with Gasteiger partial charge in [-0.3, -0.25) is 4.90 Å². The van der Waals surface area contributed by atoms with Crippen LogP contribution < -0.4 is 10.6 Å². The van der Waals surface area contributed by atoms with Crippen LogP contribution in [0.15, 0.2) is 47.5 Å². The van der Waals surface area contributed by atoms with Crippen molar-refractivity contribution in [1.29, 1.82) is 0 Å². The molecule has 3 atom stereocenters. The summed E-state index contributed by atoms with van der Waals surface area (Å²) in [6, 6.07) is 13.6. The van der Waals surface area contributed by atoms with Crippen molar-refractivity contribution < 1.29 is 9.53 Å². The maximum Gasteiger partial charge on any atom is 0.415 e. The van der Waals surface area contributed by atoms with Crippen molar-refractivity contribution >= 4 is 34.9 Å². The Hall–Kier alpha value is -2.53. The Morgan fingerprint density at radius 2 is 2.00 bits per heavy atom. The van der Waals surface area contributed by atoms with Gasteiger partial charge in [0.2, 0.25) is 0 Å². The SMILES string of the molecule is CC1CCC2C(N)=Nc3cc(N(Cc4cccc(Cl)c4)C(=O)OC(C)(C)C)ccc3C12. The molecule has 31 heavy (non-hydrogen) atoms. The molecule has 0 bridgehead atoms. The van der Waals surface area contributed by atoms with Gasteiger partial charge in [-0.25, -0.2) is 9.79 Å². The first kappa shape index (κ1) is 21.7. The lowest BCUT2D eigenvalue weighted by Crippen LogP contribution is -2.36. The third-order valence-corrected chi connectivity index (χ3v) is 6.37. The predicted octanol–water partition coefficient (Wildman–Crippen LogP) is 6.41. The highest BCUT2D eigenvalue weighted by atomic mass is 35.5. The van der Waals surface area contributed by atoms with Gasteiger partial charge in [0.25, 0.3) is 0 Å². The van der Waals surface area contributed by atoms with Crippen molar-refractivity contribution in [2.75, 3.05) is 4.90 Å². The summed E-state index contributed by atoms with van der Waals surface area (Å²) in [6.45, 7) is 8.22. The first-order chi connectivity index (χ1) is 14.6. The Morgan fingerprint density at radius 3 is 2.71 bits per heavy atom. The highest BCUT2D eigenvalue weighted by Gasteiger charge is 2.40. The molecule has 0 saturated heterocycles. The zero-order valence-corrected chi connectivity index (χ0v) is 19.3. The lowest BCUT2D eigenvalue weighted by molar-refractivity contribution is 0.0577. The van der Waals surface area contributed by atoms with Gasteiger partial charge in [0, 0.05) is 16.6 Å². The number of nitrogens with zero attached hydrogens (tertiary/aromatic N) is 2. The fourth-order valence-electron chi connectivity index (χ4n) is 4.75. The molecule has 2 aliphatic rings. The molecule has 6 heteroatoms. The topological polar surface area (TPSA) is 67.9 Å². The molecule has 3 unspecified atom stereocenters. The molecule has 1 aliphatic heterocycles. The summed E-state index contributed by atoms with van der Waals surface area (Å²) >= 11 is 6.17. The highest BCUT2D eigenvalue weighted by Crippen LogP contribution is 2.50. The van der Waals surface area contributed by atoms with Crippen LogP contribution in [0.25, 0.3) is 0 Å². The van der Waals surface area contributed by atoms with Crippen molar-refractivity contribution in [1.82, 2.24) is 0 Å². The monoisotopic (exact) mass is 439 g/mol. The van der Waals surface area contributed by atoms with E-state index in [0.717, 1.165) is 29.8 Å². The molecule has 1 aliphatic carbocycles. The van der Waals surface area contributed by atoms with Gasteiger partial charge < -0.3 is 10.5 Å². The highest BCUT2D eigenvalue weighted by molar-refractivity contribution is 6.30. The van der Waals surface area contributed by atoms with Crippen LogP contribution in [0, 0.1) is 11.8 Å². The number of hydrogen-bond donors (Lipinski definition) is 1. The molecule has 0 radical (unpaired) electrons. The van der Waals surface area contributed by atoms with Crippen molar-refractivity contribution in [3.8, 4) is 0 Å². The Morgan fingerprint density at radius 1 is 1.23 bits per heavy atom. The molecule has 1 amide bonds. The largest absolute Gasteiger partial charge is 0.443 e.